The Balaban J connectivity index is 4.14. The monoisotopic (exact) mass is 141 g/mol. The van der Waals surface area contributed by atoms with Gasteiger partial charge in [-0.05, 0) is 31.2 Å². The third kappa shape index (κ3) is 2.94. The number of carbonyl (C=O) groups excluding carboxylic acids is 1. The van der Waals surface area contributed by atoms with Crippen molar-refractivity contribution in [3.8, 4) is 5.40 Å². The number of nitrogens with zero attached hydrogens (tertiary/aromatic N) is 1. The number of rotatable bonds is 2. The summed E-state index contributed by atoms with van der Waals surface area (Å²) in [6.07, 6.45) is 0.750. The van der Waals surface area contributed by atoms with Gasteiger partial charge in [-0.2, -0.15) is 5.26 Å². The molecule has 0 amide bonds. The molecule has 0 fully saturated rings. The van der Waals surface area contributed by atoms with Crippen LogP contribution < -0.4 is 0 Å². The third-order valence-corrected chi connectivity index (χ3v) is 1.65. The largest absolute Gasteiger partial charge is 0.298 e. The molecule has 0 aromatic heterocycles. The summed E-state index contributed by atoms with van der Waals surface area (Å²) in [5.74, 6) is 0. The molecule has 0 aliphatic rings. The van der Waals surface area contributed by atoms with E-state index >= 15 is 0 Å². The summed E-state index contributed by atoms with van der Waals surface area (Å²) in [5, 5.41) is 10.0. The Morgan fingerprint density at radius 2 is 2.22 bits per heavy atom. The molecule has 48 valence electrons. The second-order valence-corrected chi connectivity index (χ2v) is 2.55. The van der Waals surface area contributed by atoms with E-state index in [1.54, 1.807) is 13.8 Å². The van der Waals surface area contributed by atoms with Crippen molar-refractivity contribution in [2.45, 2.75) is 13.8 Å². The predicted molar refractivity (Wildman–Crippen MR) is 37.6 cm³/mol. The van der Waals surface area contributed by atoms with Crippen LogP contribution in [0.25, 0.3) is 0 Å². The van der Waals surface area contributed by atoms with Gasteiger partial charge in [-0.1, -0.05) is 0 Å². The molecular formula is C6H7NOS. The minimum absolute atomic E-state index is 0.626. The first kappa shape index (κ1) is 8.25. The van der Waals surface area contributed by atoms with Crippen LogP contribution in [0.5, 0.6) is 0 Å². The highest BCUT2D eigenvalue weighted by Gasteiger charge is 1.93. The quantitative estimate of drug-likeness (QED) is 0.334. The number of nitriles is 1. The van der Waals surface area contributed by atoms with Crippen molar-refractivity contribution in [3.05, 3.63) is 10.5 Å². The highest BCUT2D eigenvalue weighted by molar-refractivity contribution is 8.07. The summed E-state index contributed by atoms with van der Waals surface area (Å²) in [6, 6.07) is 0. The minimum Gasteiger partial charge on any atom is -0.298 e. The maximum Gasteiger partial charge on any atom is 0.146 e. The fourth-order valence-electron chi connectivity index (χ4n) is 0.232. The van der Waals surface area contributed by atoms with Crippen LogP contribution in [0.3, 0.4) is 0 Å². The van der Waals surface area contributed by atoms with E-state index in [-0.39, 0.29) is 0 Å². The van der Waals surface area contributed by atoms with Crippen molar-refractivity contribution in [1.82, 2.24) is 0 Å². The topological polar surface area (TPSA) is 40.9 Å². The number of aldehydes is 1. The highest BCUT2D eigenvalue weighted by Crippen LogP contribution is 2.15. The fraction of sp³-hybridized carbons (Fsp3) is 0.333. The molecule has 0 aromatic carbocycles. The van der Waals surface area contributed by atoms with E-state index in [4.69, 9.17) is 5.26 Å². The van der Waals surface area contributed by atoms with Gasteiger partial charge in [0.2, 0.25) is 0 Å². The summed E-state index contributed by atoms with van der Waals surface area (Å²) < 4.78 is 0. The zero-order valence-corrected chi connectivity index (χ0v) is 6.16. The summed E-state index contributed by atoms with van der Waals surface area (Å²) in [4.78, 5) is 10.8. The molecule has 0 bridgehead atoms. The Morgan fingerprint density at radius 1 is 1.67 bits per heavy atom. The van der Waals surface area contributed by atoms with Crippen LogP contribution in [0, 0.1) is 10.7 Å². The lowest BCUT2D eigenvalue weighted by molar-refractivity contribution is -0.104. The van der Waals surface area contributed by atoms with Crippen LogP contribution >= 0.6 is 11.8 Å². The lowest BCUT2D eigenvalue weighted by Gasteiger charge is -1.90. The summed E-state index contributed by atoms with van der Waals surface area (Å²) in [6.45, 7) is 3.43. The first-order chi connectivity index (χ1) is 4.22. The number of thioether (sulfide) groups is 1. The van der Waals surface area contributed by atoms with E-state index in [0.29, 0.717) is 5.57 Å². The van der Waals surface area contributed by atoms with E-state index in [1.165, 1.54) is 0 Å². The highest BCUT2D eigenvalue weighted by atomic mass is 32.2. The molecule has 0 heterocycles. The van der Waals surface area contributed by atoms with Crippen LogP contribution in [0.4, 0.5) is 0 Å². The van der Waals surface area contributed by atoms with Crippen LogP contribution in [-0.2, 0) is 4.79 Å². The molecule has 0 radical (unpaired) electrons. The molecule has 0 rings (SSSR count). The van der Waals surface area contributed by atoms with Gasteiger partial charge < -0.3 is 0 Å². The van der Waals surface area contributed by atoms with Crippen LogP contribution in [0.2, 0.25) is 0 Å². The SMILES string of the molecule is C/C(C=O)=C(\C)SC#N. The van der Waals surface area contributed by atoms with Gasteiger partial charge in [-0.25, -0.2) is 0 Å². The van der Waals surface area contributed by atoms with Crippen LogP contribution in [0.1, 0.15) is 13.8 Å². The molecule has 9 heavy (non-hydrogen) atoms. The summed E-state index contributed by atoms with van der Waals surface area (Å²) in [7, 11) is 0. The van der Waals surface area contributed by atoms with Crippen LogP contribution in [0.15, 0.2) is 10.5 Å². The van der Waals surface area contributed by atoms with Crippen molar-refractivity contribution in [3.63, 3.8) is 0 Å². The zero-order chi connectivity index (χ0) is 7.28. The minimum atomic E-state index is 0.626. The van der Waals surface area contributed by atoms with Gasteiger partial charge in [-0.3, -0.25) is 4.79 Å². The summed E-state index contributed by atoms with van der Waals surface area (Å²) in [5.41, 5.74) is 0.626. The summed E-state index contributed by atoms with van der Waals surface area (Å²) >= 11 is 1.02. The van der Waals surface area contributed by atoms with Crippen molar-refractivity contribution < 1.29 is 4.79 Å². The normalized spacial score (nSPS) is 11.7. The molecular weight excluding hydrogens is 134 g/mol. The van der Waals surface area contributed by atoms with Crippen molar-refractivity contribution in [2.24, 2.45) is 0 Å². The third-order valence-electron chi connectivity index (χ3n) is 0.931. The molecule has 0 aromatic rings. The van der Waals surface area contributed by atoms with Crippen molar-refractivity contribution in [2.75, 3.05) is 0 Å². The smallest absolute Gasteiger partial charge is 0.146 e. The maximum atomic E-state index is 10.0. The zero-order valence-electron chi connectivity index (χ0n) is 5.34. The average Bonchev–Trinajstić information content (AvgIpc) is 1.87. The Morgan fingerprint density at radius 3 is 2.56 bits per heavy atom. The lowest BCUT2D eigenvalue weighted by atomic mass is 10.3. The molecule has 0 spiro atoms. The van der Waals surface area contributed by atoms with Crippen molar-refractivity contribution >= 4 is 18.0 Å². The first-order valence-electron chi connectivity index (χ1n) is 2.41. The van der Waals surface area contributed by atoms with E-state index in [0.717, 1.165) is 23.0 Å². The maximum absolute atomic E-state index is 10.0. The lowest BCUT2D eigenvalue weighted by Crippen LogP contribution is -1.78. The number of hydrogen-bond acceptors (Lipinski definition) is 3. The van der Waals surface area contributed by atoms with Gasteiger partial charge in [-0.15, -0.1) is 0 Å². The Kier molecular flexibility index (Phi) is 3.81. The van der Waals surface area contributed by atoms with E-state index < -0.39 is 0 Å². The Labute approximate surface area is 58.6 Å². The number of allylic oxidation sites excluding steroid dienone is 2. The molecule has 2 nitrogen and oxygen atoms in total. The number of hydrogen-bond donors (Lipinski definition) is 0. The fourth-order valence-corrected chi connectivity index (χ4v) is 0.578. The first-order valence-corrected chi connectivity index (χ1v) is 3.22. The van der Waals surface area contributed by atoms with E-state index in [2.05, 4.69) is 0 Å². The molecule has 0 atom stereocenters. The standard InChI is InChI=1S/C6H7NOS/c1-5(3-8)6(2)9-4-7/h3H,1-2H3/b6-5-. The number of thiocyanates is 1. The second-order valence-electron chi connectivity index (χ2n) is 1.55. The molecule has 0 saturated carbocycles. The molecule has 0 N–H and O–H groups in total. The van der Waals surface area contributed by atoms with E-state index in [1.807, 2.05) is 5.40 Å². The predicted octanol–water partition coefficient (Wildman–Crippen LogP) is 1.69. The molecule has 0 aliphatic carbocycles. The molecule has 0 saturated heterocycles. The van der Waals surface area contributed by atoms with E-state index in [9.17, 15) is 4.79 Å². The van der Waals surface area contributed by atoms with Gasteiger partial charge in [0.1, 0.15) is 11.7 Å². The number of carbonyl (C=O) groups is 1. The second kappa shape index (κ2) is 4.16. The van der Waals surface area contributed by atoms with Gasteiger partial charge in [0.25, 0.3) is 0 Å². The Hall–Kier alpha value is -0.750. The van der Waals surface area contributed by atoms with Gasteiger partial charge in [0.15, 0.2) is 0 Å². The molecule has 0 unspecified atom stereocenters. The molecule has 0 aliphatic heterocycles. The van der Waals surface area contributed by atoms with Crippen LogP contribution in [-0.4, -0.2) is 6.29 Å². The van der Waals surface area contributed by atoms with Gasteiger partial charge in [0, 0.05) is 4.91 Å². The Bertz CT molecular complexity index is 178. The van der Waals surface area contributed by atoms with Gasteiger partial charge >= 0.3 is 0 Å². The molecule has 3 heteroatoms. The van der Waals surface area contributed by atoms with Gasteiger partial charge in [0.05, 0.1) is 0 Å². The average molecular weight is 141 g/mol. The van der Waals surface area contributed by atoms with Crippen molar-refractivity contribution in [1.29, 1.82) is 5.26 Å².